The van der Waals surface area contributed by atoms with E-state index in [1.54, 1.807) is 19.2 Å². The quantitative estimate of drug-likeness (QED) is 0.916. The second kappa shape index (κ2) is 6.25. The van der Waals surface area contributed by atoms with E-state index in [0.717, 1.165) is 11.1 Å². The molecule has 0 heterocycles. The molecule has 0 bridgehead atoms. The van der Waals surface area contributed by atoms with Gasteiger partial charge in [0.2, 0.25) is 0 Å². The van der Waals surface area contributed by atoms with Crippen LogP contribution in [0.3, 0.4) is 0 Å². The number of halogens is 2. The second-order valence-electron chi connectivity index (χ2n) is 4.61. The van der Waals surface area contributed by atoms with Crippen LogP contribution in [0.5, 0.6) is 5.75 Å². The third kappa shape index (κ3) is 2.94. The van der Waals surface area contributed by atoms with Crippen LogP contribution >= 0.6 is 11.6 Å². The predicted molar refractivity (Wildman–Crippen MR) is 80.0 cm³/mol. The summed E-state index contributed by atoms with van der Waals surface area (Å²) in [4.78, 5) is 0. The molecule has 2 aromatic rings. The molecular formula is C16H17ClFNO. The fourth-order valence-electron chi connectivity index (χ4n) is 2.27. The van der Waals surface area contributed by atoms with Crippen molar-refractivity contribution in [3.8, 4) is 5.75 Å². The van der Waals surface area contributed by atoms with E-state index in [1.165, 1.54) is 13.2 Å². The van der Waals surface area contributed by atoms with Crippen LogP contribution in [0.15, 0.2) is 36.4 Å². The van der Waals surface area contributed by atoms with E-state index in [0.29, 0.717) is 16.3 Å². The molecule has 0 spiro atoms. The Morgan fingerprint density at radius 1 is 1.15 bits per heavy atom. The lowest BCUT2D eigenvalue weighted by Gasteiger charge is -2.20. The maximum Gasteiger partial charge on any atom is 0.132 e. The number of hydrogen-bond donors (Lipinski definition) is 1. The highest BCUT2D eigenvalue weighted by molar-refractivity contribution is 6.30. The van der Waals surface area contributed by atoms with Crippen LogP contribution < -0.4 is 10.1 Å². The average molecular weight is 294 g/mol. The first-order valence-electron chi connectivity index (χ1n) is 6.33. The molecule has 0 amide bonds. The summed E-state index contributed by atoms with van der Waals surface area (Å²) in [6.45, 7) is 1.98. The number of ether oxygens (including phenoxy) is 1. The van der Waals surface area contributed by atoms with Crippen molar-refractivity contribution in [1.29, 1.82) is 0 Å². The number of benzene rings is 2. The van der Waals surface area contributed by atoms with Gasteiger partial charge in [0.15, 0.2) is 0 Å². The molecular weight excluding hydrogens is 277 g/mol. The highest BCUT2D eigenvalue weighted by Crippen LogP contribution is 2.30. The summed E-state index contributed by atoms with van der Waals surface area (Å²) < 4.78 is 19.3. The van der Waals surface area contributed by atoms with Gasteiger partial charge in [-0.1, -0.05) is 23.7 Å². The lowest BCUT2D eigenvalue weighted by molar-refractivity contribution is 0.410. The van der Waals surface area contributed by atoms with Crippen molar-refractivity contribution >= 4 is 11.6 Å². The van der Waals surface area contributed by atoms with Crippen molar-refractivity contribution in [3.63, 3.8) is 0 Å². The average Bonchev–Trinajstić information content (AvgIpc) is 2.44. The van der Waals surface area contributed by atoms with Gasteiger partial charge in [0.25, 0.3) is 0 Å². The van der Waals surface area contributed by atoms with Gasteiger partial charge in [0, 0.05) is 16.7 Å². The third-order valence-corrected chi connectivity index (χ3v) is 3.59. The smallest absolute Gasteiger partial charge is 0.132 e. The van der Waals surface area contributed by atoms with E-state index in [2.05, 4.69) is 5.32 Å². The van der Waals surface area contributed by atoms with Crippen molar-refractivity contribution in [2.24, 2.45) is 0 Å². The lowest BCUT2D eigenvalue weighted by Crippen LogP contribution is -2.20. The topological polar surface area (TPSA) is 21.3 Å². The lowest BCUT2D eigenvalue weighted by atomic mass is 9.94. The molecule has 0 fully saturated rings. The van der Waals surface area contributed by atoms with E-state index < -0.39 is 0 Å². The highest BCUT2D eigenvalue weighted by Gasteiger charge is 2.18. The van der Waals surface area contributed by atoms with Crippen molar-refractivity contribution in [3.05, 3.63) is 63.9 Å². The van der Waals surface area contributed by atoms with Gasteiger partial charge >= 0.3 is 0 Å². The molecule has 4 heteroatoms. The standard InChI is InChI=1S/C16H17ClFNO/c1-10-4-5-11(17)8-14(10)16(19-2)13-7-6-12(20-3)9-15(13)18/h4-9,16,19H,1-3H3. The molecule has 0 aliphatic heterocycles. The van der Waals surface area contributed by atoms with Crippen LogP contribution in [0.4, 0.5) is 4.39 Å². The monoisotopic (exact) mass is 293 g/mol. The van der Waals surface area contributed by atoms with Crippen molar-refractivity contribution < 1.29 is 9.13 Å². The first-order valence-corrected chi connectivity index (χ1v) is 6.71. The Hall–Kier alpha value is -1.58. The van der Waals surface area contributed by atoms with Gasteiger partial charge in [0.1, 0.15) is 11.6 Å². The molecule has 0 saturated carbocycles. The Kier molecular flexibility index (Phi) is 4.63. The van der Waals surface area contributed by atoms with E-state index >= 15 is 0 Å². The highest BCUT2D eigenvalue weighted by atomic mass is 35.5. The first-order chi connectivity index (χ1) is 9.56. The van der Waals surface area contributed by atoms with E-state index in [-0.39, 0.29) is 11.9 Å². The van der Waals surface area contributed by atoms with Gasteiger partial charge in [-0.05, 0) is 43.3 Å². The molecule has 1 atom stereocenters. The minimum Gasteiger partial charge on any atom is -0.497 e. The maximum atomic E-state index is 14.2. The Labute approximate surface area is 123 Å². The Balaban J connectivity index is 2.49. The summed E-state index contributed by atoms with van der Waals surface area (Å²) in [5, 5.41) is 3.78. The molecule has 1 N–H and O–H groups in total. The summed E-state index contributed by atoms with van der Waals surface area (Å²) >= 11 is 6.05. The van der Waals surface area contributed by atoms with Crippen LogP contribution in [0.25, 0.3) is 0 Å². The van der Waals surface area contributed by atoms with E-state index in [9.17, 15) is 4.39 Å². The molecule has 2 aromatic carbocycles. The molecule has 2 rings (SSSR count). The van der Waals surface area contributed by atoms with Gasteiger partial charge < -0.3 is 10.1 Å². The Morgan fingerprint density at radius 2 is 1.90 bits per heavy atom. The molecule has 1 unspecified atom stereocenters. The molecule has 0 radical (unpaired) electrons. The molecule has 0 aromatic heterocycles. The molecule has 0 saturated heterocycles. The third-order valence-electron chi connectivity index (χ3n) is 3.36. The van der Waals surface area contributed by atoms with Gasteiger partial charge in [0.05, 0.1) is 13.2 Å². The summed E-state index contributed by atoms with van der Waals surface area (Å²) in [6.07, 6.45) is 0. The van der Waals surface area contributed by atoms with Crippen LogP contribution in [0.1, 0.15) is 22.7 Å². The molecule has 2 nitrogen and oxygen atoms in total. The fourth-order valence-corrected chi connectivity index (χ4v) is 2.45. The number of nitrogens with one attached hydrogen (secondary N) is 1. The largest absolute Gasteiger partial charge is 0.497 e. The van der Waals surface area contributed by atoms with E-state index in [1.807, 2.05) is 25.1 Å². The van der Waals surface area contributed by atoms with Crippen molar-refractivity contribution in [1.82, 2.24) is 5.32 Å². The molecule has 0 aliphatic carbocycles. The molecule has 0 aliphatic rings. The minimum atomic E-state index is -0.303. The van der Waals surface area contributed by atoms with Gasteiger partial charge in [-0.2, -0.15) is 0 Å². The number of aryl methyl sites for hydroxylation is 1. The molecule has 20 heavy (non-hydrogen) atoms. The van der Waals surface area contributed by atoms with Crippen molar-refractivity contribution in [2.75, 3.05) is 14.2 Å². The number of hydrogen-bond acceptors (Lipinski definition) is 2. The zero-order chi connectivity index (χ0) is 14.7. The fraction of sp³-hybridized carbons (Fsp3) is 0.250. The van der Waals surface area contributed by atoms with E-state index in [4.69, 9.17) is 16.3 Å². The first kappa shape index (κ1) is 14.8. The van der Waals surface area contributed by atoms with Gasteiger partial charge in [-0.25, -0.2) is 4.39 Å². The van der Waals surface area contributed by atoms with Gasteiger partial charge in [-0.3, -0.25) is 0 Å². The van der Waals surface area contributed by atoms with Crippen LogP contribution in [-0.2, 0) is 0 Å². The number of methoxy groups -OCH3 is 1. The van der Waals surface area contributed by atoms with Crippen molar-refractivity contribution in [2.45, 2.75) is 13.0 Å². The Bertz CT molecular complexity index is 615. The SMILES string of the molecule is CNC(c1cc(Cl)ccc1C)c1ccc(OC)cc1F. The zero-order valence-corrected chi connectivity index (χ0v) is 12.5. The molecule has 106 valence electrons. The summed E-state index contributed by atoms with van der Waals surface area (Å²) in [5.74, 6) is 0.201. The minimum absolute atomic E-state index is 0.250. The van der Waals surface area contributed by atoms with Gasteiger partial charge in [-0.15, -0.1) is 0 Å². The van der Waals surface area contributed by atoms with Crippen LogP contribution in [0, 0.1) is 12.7 Å². The number of rotatable bonds is 4. The normalized spacial score (nSPS) is 12.2. The zero-order valence-electron chi connectivity index (χ0n) is 11.7. The summed E-state index contributed by atoms with van der Waals surface area (Å²) in [5.41, 5.74) is 2.59. The van der Waals surface area contributed by atoms with Crippen LogP contribution in [-0.4, -0.2) is 14.2 Å². The maximum absolute atomic E-state index is 14.2. The summed E-state index contributed by atoms with van der Waals surface area (Å²) in [7, 11) is 3.32. The summed E-state index contributed by atoms with van der Waals surface area (Å²) in [6, 6.07) is 10.3. The predicted octanol–water partition coefficient (Wildman–Crippen LogP) is 4.10. The second-order valence-corrected chi connectivity index (χ2v) is 5.05. The Morgan fingerprint density at radius 3 is 2.50 bits per heavy atom. The van der Waals surface area contributed by atoms with Crippen LogP contribution in [0.2, 0.25) is 5.02 Å².